The quantitative estimate of drug-likeness (QED) is 0.884. The molecule has 0 amide bonds. The number of nitrogens with zero attached hydrogens (tertiary/aromatic N) is 1. The summed E-state index contributed by atoms with van der Waals surface area (Å²) in [5.74, 6) is 1.72. The molecule has 2 rings (SSSR count). The van der Waals surface area contributed by atoms with Crippen LogP contribution in [0.3, 0.4) is 0 Å². The lowest BCUT2D eigenvalue weighted by molar-refractivity contribution is 0.248. The molecule has 2 nitrogen and oxygen atoms in total. The molecule has 0 saturated heterocycles. The molecule has 1 fully saturated rings. The van der Waals surface area contributed by atoms with Crippen LogP contribution in [0.1, 0.15) is 43.0 Å². The van der Waals surface area contributed by atoms with Crippen LogP contribution in [-0.2, 0) is 6.54 Å². The van der Waals surface area contributed by atoms with Gasteiger partial charge in [0.05, 0.1) is 5.56 Å². The highest BCUT2D eigenvalue weighted by atomic mass is 32.1. The third-order valence-electron chi connectivity index (χ3n) is 3.78. The molecule has 3 heteroatoms. The summed E-state index contributed by atoms with van der Waals surface area (Å²) in [5, 5.41) is 14.2. The second kappa shape index (κ2) is 6.18. The van der Waals surface area contributed by atoms with Crippen LogP contribution in [0, 0.1) is 23.2 Å². The molecule has 0 aromatic carbocycles. The maximum atomic E-state index is 8.75. The first-order chi connectivity index (χ1) is 8.29. The van der Waals surface area contributed by atoms with Gasteiger partial charge in [0.1, 0.15) is 6.07 Å². The van der Waals surface area contributed by atoms with E-state index in [2.05, 4.69) is 18.3 Å². The lowest BCUT2D eigenvalue weighted by atomic mass is 9.80. The Hall–Kier alpha value is -0.850. The molecule has 1 N–H and O–H groups in total. The van der Waals surface area contributed by atoms with Crippen molar-refractivity contribution in [1.82, 2.24) is 5.32 Å². The summed E-state index contributed by atoms with van der Waals surface area (Å²) in [6, 6.07) is 4.16. The lowest BCUT2D eigenvalue weighted by Gasteiger charge is -2.28. The van der Waals surface area contributed by atoms with Crippen LogP contribution < -0.4 is 5.32 Å². The fraction of sp³-hybridized carbons (Fsp3) is 0.643. The molecule has 1 aliphatic rings. The van der Waals surface area contributed by atoms with Crippen molar-refractivity contribution in [3.63, 3.8) is 0 Å². The summed E-state index contributed by atoms with van der Waals surface area (Å²) < 4.78 is 0. The summed E-state index contributed by atoms with van der Waals surface area (Å²) >= 11 is 1.68. The summed E-state index contributed by atoms with van der Waals surface area (Å²) in [5.41, 5.74) is 0.790. The van der Waals surface area contributed by atoms with Gasteiger partial charge in [0.15, 0.2) is 0 Å². The van der Waals surface area contributed by atoms with Gasteiger partial charge >= 0.3 is 0 Å². The van der Waals surface area contributed by atoms with Crippen molar-refractivity contribution in [2.24, 2.45) is 11.8 Å². The Kier molecular flexibility index (Phi) is 4.58. The Morgan fingerprint density at radius 1 is 1.47 bits per heavy atom. The van der Waals surface area contributed by atoms with E-state index in [4.69, 9.17) is 5.26 Å². The topological polar surface area (TPSA) is 35.8 Å². The average Bonchev–Trinajstić information content (AvgIpc) is 2.80. The van der Waals surface area contributed by atoms with Crippen LogP contribution in [0.15, 0.2) is 11.4 Å². The molecule has 1 aromatic rings. The molecule has 0 spiro atoms. The first kappa shape index (κ1) is 12.6. The molecule has 0 aliphatic heterocycles. The van der Waals surface area contributed by atoms with Crippen LogP contribution in [0.25, 0.3) is 0 Å². The van der Waals surface area contributed by atoms with Gasteiger partial charge in [0, 0.05) is 16.8 Å². The van der Waals surface area contributed by atoms with E-state index in [0.717, 1.165) is 30.5 Å². The van der Waals surface area contributed by atoms with Gasteiger partial charge in [-0.1, -0.05) is 26.2 Å². The predicted molar refractivity (Wildman–Crippen MR) is 71.9 cm³/mol. The van der Waals surface area contributed by atoms with Crippen LogP contribution in [0.2, 0.25) is 0 Å². The van der Waals surface area contributed by atoms with Gasteiger partial charge in [-0.05, 0) is 30.9 Å². The zero-order chi connectivity index (χ0) is 12.1. The van der Waals surface area contributed by atoms with Crippen LogP contribution in [-0.4, -0.2) is 6.54 Å². The number of hydrogen-bond acceptors (Lipinski definition) is 3. The molecular formula is C14H20N2S. The van der Waals surface area contributed by atoms with Gasteiger partial charge < -0.3 is 5.32 Å². The molecule has 1 saturated carbocycles. The second-order valence-corrected chi connectivity index (χ2v) is 6.06. The third-order valence-corrected chi connectivity index (χ3v) is 4.71. The molecule has 0 radical (unpaired) electrons. The molecule has 1 aliphatic carbocycles. The highest BCUT2D eigenvalue weighted by Crippen LogP contribution is 2.28. The van der Waals surface area contributed by atoms with Crippen LogP contribution in [0.4, 0.5) is 0 Å². The molecule has 0 bridgehead atoms. The van der Waals surface area contributed by atoms with Gasteiger partial charge in [-0.25, -0.2) is 0 Å². The van der Waals surface area contributed by atoms with E-state index in [-0.39, 0.29) is 0 Å². The highest BCUT2D eigenvalue weighted by molar-refractivity contribution is 7.10. The fourth-order valence-corrected chi connectivity index (χ4v) is 3.39. The minimum Gasteiger partial charge on any atom is -0.312 e. The Labute approximate surface area is 108 Å². The van der Waals surface area contributed by atoms with Crippen LogP contribution in [0.5, 0.6) is 0 Å². The second-order valence-electron chi connectivity index (χ2n) is 5.07. The minimum absolute atomic E-state index is 0.790. The highest BCUT2D eigenvalue weighted by Gasteiger charge is 2.20. The van der Waals surface area contributed by atoms with Crippen molar-refractivity contribution in [2.45, 2.75) is 39.2 Å². The average molecular weight is 248 g/mol. The Balaban J connectivity index is 1.73. The van der Waals surface area contributed by atoms with Gasteiger partial charge in [-0.2, -0.15) is 5.26 Å². The first-order valence-electron chi connectivity index (χ1n) is 6.48. The standard InChI is InChI=1S/C14H20N2S/c1-11-4-2-3-5-13(11)8-16-9-14-6-12(7-15)10-17-14/h6,10-11,13,16H,2-5,8-9H2,1H3. The van der Waals surface area contributed by atoms with Crippen molar-refractivity contribution in [3.8, 4) is 6.07 Å². The molecule has 2 atom stereocenters. The number of thiophene rings is 1. The normalized spacial score (nSPS) is 24.5. The lowest BCUT2D eigenvalue weighted by Crippen LogP contribution is -2.28. The summed E-state index contributed by atoms with van der Waals surface area (Å²) in [4.78, 5) is 1.27. The summed E-state index contributed by atoms with van der Waals surface area (Å²) in [7, 11) is 0. The zero-order valence-electron chi connectivity index (χ0n) is 10.4. The van der Waals surface area contributed by atoms with Gasteiger partial charge in [0.2, 0.25) is 0 Å². The minimum atomic E-state index is 0.790. The fourth-order valence-electron chi connectivity index (χ4n) is 2.61. The van der Waals surface area contributed by atoms with Gasteiger partial charge in [-0.3, -0.25) is 0 Å². The molecule has 92 valence electrons. The van der Waals surface area contributed by atoms with E-state index >= 15 is 0 Å². The molecular weight excluding hydrogens is 228 g/mol. The largest absolute Gasteiger partial charge is 0.312 e. The third kappa shape index (κ3) is 3.55. The monoisotopic (exact) mass is 248 g/mol. The molecule has 17 heavy (non-hydrogen) atoms. The van der Waals surface area contributed by atoms with Crippen molar-refractivity contribution >= 4 is 11.3 Å². The van der Waals surface area contributed by atoms with Gasteiger partial charge in [0.25, 0.3) is 0 Å². The predicted octanol–water partition coefficient (Wildman–Crippen LogP) is 3.54. The first-order valence-corrected chi connectivity index (χ1v) is 7.36. The van der Waals surface area contributed by atoms with Crippen molar-refractivity contribution in [3.05, 3.63) is 21.9 Å². The number of rotatable bonds is 4. The van der Waals surface area contributed by atoms with E-state index < -0.39 is 0 Å². The van der Waals surface area contributed by atoms with Crippen molar-refractivity contribution in [1.29, 1.82) is 5.26 Å². The van der Waals surface area contributed by atoms with Gasteiger partial charge in [-0.15, -0.1) is 11.3 Å². The number of nitrogens with one attached hydrogen (secondary N) is 1. The Bertz CT molecular complexity index is 391. The number of nitriles is 1. The molecule has 1 heterocycles. The van der Waals surface area contributed by atoms with E-state index in [1.165, 1.54) is 30.6 Å². The summed E-state index contributed by atoms with van der Waals surface area (Å²) in [6.07, 6.45) is 5.58. The molecule has 1 aromatic heterocycles. The van der Waals surface area contributed by atoms with Crippen LogP contribution >= 0.6 is 11.3 Å². The van der Waals surface area contributed by atoms with Crippen molar-refractivity contribution < 1.29 is 0 Å². The Morgan fingerprint density at radius 2 is 2.29 bits per heavy atom. The number of hydrogen-bond donors (Lipinski definition) is 1. The maximum absolute atomic E-state index is 8.75. The van der Waals surface area contributed by atoms with E-state index in [9.17, 15) is 0 Å². The Morgan fingerprint density at radius 3 is 3.00 bits per heavy atom. The van der Waals surface area contributed by atoms with E-state index in [1.807, 2.05) is 11.4 Å². The molecule has 2 unspecified atom stereocenters. The van der Waals surface area contributed by atoms with E-state index in [1.54, 1.807) is 11.3 Å². The maximum Gasteiger partial charge on any atom is 0.100 e. The summed E-state index contributed by atoms with van der Waals surface area (Å²) in [6.45, 7) is 4.42. The SMILES string of the molecule is CC1CCCCC1CNCc1cc(C#N)cs1. The van der Waals surface area contributed by atoms with E-state index in [0.29, 0.717) is 0 Å². The smallest absolute Gasteiger partial charge is 0.100 e. The van der Waals surface area contributed by atoms with Crippen molar-refractivity contribution in [2.75, 3.05) is 6.54 Å². The zero-order valence-corrected chi connectivity index (χ0v) is 11.2.